The highest BCUT2D eigenvalue weighted by Gasteiger charge is 2.38. The molecule has 0 unspecified atom stereocenters. The van der Waals surface area contributed by atoms with Crippen LogP contribution in [-0.2, 0) is 0 Å². The van der Waals surface area contributed by atoms with Crippen molar-refractivity contribution in [2.45, 2.75) is 38.1 Å². The summed E-state index contributed by atoms with van der Waals surface area (Å²) in [5, 5.41) is 2.63. The number of alkyl halides is 6. The summed E-state index contributed by atoms with van der Waals surface area (Å²) in [7, 11) is 0. The Morgan fingerprint density at radius 2 is 1.44 bits per heavy atom. The Hall–Kier alpha value is -2.37. The van der Waals surface area contributed by atoms with Crippen LogP contribution in [0.3, 0.4) is 0 Å². The minimum absolute atomic E-state index is 0.286. The molecule has 0 aromatic carbocycles. The number of nitrogens with zero attached hydrogens (tertiary/aromatic N) is 4. The van der Waals surface area contributed by atoms with Gasteiger partial charge >= 0.3 is 12.4 Å². The zero-order chi connectivity index (χ0) is 26.3. The van der Waals surface area contributed by atoms with Gasteiger partial charge in [0.15, 0.2) is 5.82 Å². The van der Waals surface area contributed by atoms with Gasteiger partial charge in [-0.05, 0) is 25.8 Å². The number of halogens is 7. The van der Waals surface area contributed by atoms with Crippen LogP contribution < -0.4 is 10.6 Å². The molecular weight excluding hydrogens is 402 g/mol. The van der Waals surface area contributed by atoms with Crippen LogP contribution in [0.5, 0.6) is 0 Å². The van der Waals surface area contributed by atoms with Crippen molar-refractivity contribution in [3.05, 3.63) is 23.3 Å². The minimum Gasteiger partial charge on any atom is -0.343 e. The van der Waals surface area contributed by atoms with Crippen molar-refractivity contribution >= 4 is 23.5 Å². The fourth-order valence-corrected chi connectivity index (χ4v) is 1.68. The average Bonchev–Trinajstić information content (AvgIpc) is 2.59. The van der Waals surface area contributed by atoms with Gasteiger partial charge in [-0.1, -0.05) is 17.6 Å². The lowest BCUT2D eigenvalue weighted by Crippen LogP contribution is -2.35. The summed E-state index contributed by atoms with van der Waals surface area (Å²) >= 11 is 5.71. The third-order valence-electron chi connectivity index (χ3n) is 2.72. The normalized spacial score (nSPS) is 19.3. The van der Waals surface area contributed by atoms with Crippen LogP contribution in [0, 0.1) is 0 Å². The molecule has 6 nitrogen and oxygen atoms in total. The summed E-state index contributed by atoms with van der Waals surface area (Å²) in [6, 6.07) is -4.78. The van der Waals surface area contributed by atoms with Crippen molar-refractivity contribution in [2.24, 2.45) is 0 Å². The molecule has 2 heterocycles. The molecule has 0 amide bonds. The highest BCUT2D eigenvalue weighted by molar-refractivity contribution is 6.29. The van der Waals surface area contributed by atoms with Gasteiger partial charge in [-0.2, -0.15) is 41.3 Å². The first kappa shape index (κ1) is 12.9. The van der Waals surface area contributed by atoms with Crippen molar-refractivity contribution in [3.63, 3.8) is 0 Å². The summed E-state index contributed by atoms with van der Waals surface area (Å²) in [5.74, 6) is -3.05. The number of hydrogen-bond acceptors (Lipinski definition) is 6. The van der Waals surface area contributed by atoms with E-state index < -0.39 is 61.6 Å². The molecule has 148 valence electrons. The first-order valence-corrected chi connectivity index (χ1v) is 7.13. The molecule has 13 heteroatoms. The van der Waals surface area contributed by atoms with E-state index in [0.717, 1.165) is 12.1 Å². The number of aromatic nitrogens is 4. The fourth-order valence-electron chi connectivity index (χ4n) is 1.52. The van der Waals surface area contributed by atoms with Crippen molar-refractivity contribution in [1.82, 2.24) is 19.9 Å². The van der Waals surface area contributed by atoms with E-state index in [1.165, 1.54) is 10.6 Å². The summed E-state index contributed by atoms with van der Waals surface area (Å²) in [5.41, 5.74) is -0.402. The Labute approximate surface area is 164 Å². The molecule has 2 atom stereocenters. The number of rotatable bonds is 5. The molecule has 0 bridgehead atoms. The number of anilines is 2. The van der Waals surface area contributed by atoms with Crippen molar-refractivity contribution in [2.75, 3.05) is 10.6 Å². The monoisotopic (exact) mass is 421 g/mol. The van der Waals surface area contributed by atoms with E-state index in [2.05, 4.69) is 19.9 Å². The maximum atomic E-state index is 13.3. The van der Waals surface area contributed by atoms with E-state index in [0.29, 0.717) is 0 Å². The van der Waals surface area contributed by atoms with Gasteiger partial charge in [0.2, 0.25) is 11.9 Å². The van der Waals surface area contributed by atoms with Crippen LogP contribution in [0.2, 0.25) is 5.15 Å². The molecule has 0 aliphatic heterocycles. The van der Waals surface area contributed by atoms with Crippen LogP contribution in [0.4, 0.5) is 38.2 Å². The SMILES string of the molecule is [2H]c1cc(Cl)nc(-c2nc(N[C@H](C([2H])([2H])[2H])C(F)(F)F)nc(N[C@H](C([2H])([2H])[2H])C(F)(F)F)n2)c1. The Kier molecular flexibility index (Phi) is 3.69. The Morgan fingerprint density at radius 3 is 1.85 bits per heavy atom. The summed E-state index contributed by atoms with van der Waals surface area (Å²) in [6.07, 6.45) is -10.7. The third kappa shape index (κ3) is 5.81. The van der Waals surface area contributed by atoms with Crippen LogP contribution >= 0.6 is 11.6 Å². The highest BCUT2D eigenvalue weighted by atomic mass is 35.5. The second-order valence-electron chi connectivity index (χ2n) is 4.82. The molecule has 0 aliphatic rings. The van der Waals surface area contributed by atoms with Gasteiger partial charge in [0.1, 0.15) is 22.9 Å². The van der Waals surface area contributed by atoms with Gasteiger partial charge in [0.05, 0.1) is 1.37 Å². The molecule has 2 N–H and O–H groups in total. The smallest absolute Gasteiger partial charge is 0.343 e. The highest BCUT2D eigenvalue weighted by Crippen LogP contribution is 2.26. The molecule has 0 spiro atoms. The molecule has 0 fully saturated rings. The molecule has 0 aliphatic carbocycles. The maximum absolute atomic E-state index is 13.3. The topological polar surface area (TPSA) is 75.6 Å². The van der Waals surface area contributed by atoms with Gasteiger partial charge in [0, 0.05) is 8.22 Å². The number of hydrogen-bond donors (Lipinski definition) is 2. The van der Waals surface area contributed by atoms with Crippen LogP contribution in [0.15, 0.2) is 18.2 Å². The van der Waals surface area contributed by atoms with Crippen LogP contribution in [0.1, 0.15) is 23.3 Å². The van der Waals surface area contributed by atoms with E-state index in [4.69, 9.17) is 21.2 Å². The zero-order valence-corrected chi connectivity index (χ0v) is 13.5. The lowest BCUT2D eigenvalue weighted by molar-refractivity contribution is -0.139. The Bertz CT molecular complexity index is 930. The predicted molar refractivity (Wildman–Crippen MR) is 86.3 cm³/mol. The summed E-state index contributed by atoms with van der Waals surface area (Å²) < 4.78 is 130. The second-order valence-corrected chi connectivity index (χ2v) is 5.21. The summed E-state index contributed by atoms with van der Waals surface area (Å²) in [6.45, 7) is -7.37. The lowest BCUT2D eigenvalue weighted by Gasteiger charge is -2.20. The van der Waals surface area contributed by atoms with Gasteiger partial charge in [-0.15, -0.1) is 0 Å². The van der Waals surface area contributed by atoms with Gasteiger partial charge < -0.3 is 10.6 Å². The largest absolute Gasteiger partial charge is 0.408 e. The van der Waals surface area contributed by atoms with Crippen LogP contribution in [0.25, 0.3) is 11.5 Å². The van der Waals surface area contributed by atoms with E-state index in [1.807, 2.05) is 0 Å². The summed E-state index contributed by atoms with van der Waals surface area (Å²) in [4.78, 5) is 14.1. The molecule has 0 saturated carbocycles. The molecule has 27 heavy (non-hydrogen) atoms. The maximum Gasteiger partial charge on any atom is 0.408 e. The molecular formula is C14H13ClF6N6. The predicted octanol–water partition coefficient (Wildman–Crippen LogP) is 4.31. The number of nitrogens with one attached hydrogen (secondary N) is 2. The molecule has 0 saturated heterocycles. The first-order valence-electron chi connectivity index (χ1n) is 10.2. The van der Waals surface area contributed by atoms with Gasteiger partial charge in [-0.25, -0.2) is 4.98 Å². The second kappa shape index (κ2) is 7.71. The lowest BCUT2D eigenvalue weighted by atomic mass is 10.3. The van der Waals surface area contributed by atoms with E-state index in [9.17, 15) is 26.3 Å². The standard InChI is InChI=1S/C14H13ClF6N6/c1-6(13(16,17)18)22-11-25-10(8-4-3-5-9(15)24-8)26-12(27-11)23-7(2)14(19,20)21/h3-7H,1-2H3,(H2,22,23,25,26,27)/t6-,7-/m1/s1/i1D3,2D3,3D. The number of pyridine rings is 1. The van der Waals surface area contributed by atoms with Gasteiger partial charge in [-0.3, -0.25) is 0 Å². The zero-order valence-electron chi connectivity index (χ0n) is 19.7. The molecule has 2 aromatic rings. The van der Waals surface area contributed by atoms with Crippen molar-refractivity contribution in [1.29, 1.82) is 0 Å². The van der Waals surface area contributed by atoms with E-state index in [-0.39, 0.29) is 11.2 Å². The molecule has 0 radical (unpaired) electrons. The molecule has 2 aromatic heterocycles. The Balaban J connectivity index is 2.66. The minimum atomic E-state index is -5.37. The van der Waals surface area contributed by atoms with Crippen molar-refractivity contribution < 1.29 is 35.9 Å². The van der Waals surface area contributed by atoms with E-state index >= 15 is 0 Å². The van der Waals surface area contributed by atoms with Gasteiger partial charge in [0.25, 0.3) is 0 Å². The molecule has 2 rings (SSSR count). The van der Waals surface area contributed by atoms with Crippen LogP contribution in [-0.4, -0.2) is 44.4 Å². The quantitative estimate of drug-likeness (QED) is 0.553. The van der Waals surface area contributed by atoms with Crippen molar-refractivity contribution in [3.8, 4) is 11.5 Å². The fraction of sp³-hybridized carbons (Fsp3) is 0.429. The van der Waals surface area contributed by atoms with E-state index in [1.54, 1.807) is 0 Å². The third-order valence-corrected chi connectivity index (χ3v) is 2.91. The Morgan fingerprint density at radius 1 is 0.926 bits per heavy atom. The average molecular weight is 422 g/mol. The first-order chi connectivity index (χ1) is 15.2.